The molecule has 2 aliphatic heterocycles. The molecular weight excluding hydrogens is 348 g/mol. The number of rotatable bonds is 3. The van der Waals surface area contributed by atoms with Gasteiger partial charge in [-0.2, -0.15) is 5.10 Å². The molecule has 0 unspecified atom stereocenters. The topological polar surface area (TPSA) is 66.6 Å². The Morgan fingerprint density at radius 2 is 2.08 bits per heavy atom. The predicted octanol–water partition coefficient (Wildman–Crippen LogP) is 2.92. The molecule has 0 N–H and O–H groups in total. The highest BCUT2D eigenvalue weighted by atomic mass is 32.1. The average Bonchev–Trinajstić information content (AvgIpc) is 3.36. The van der Waals surface area contributed by atoms with Gasteiger partial charge in [0.15, 0.2) is 5.82 Å². The smallest absolute Gasteiger partial charge is 0.278 e. The van der Waals surface area contributed by atoms with Crippen molar-refractivity contribution in [1.29, 1.82) is 0 Å². The molecule has 2 aliphatic rings. The highest BCUT2D eigenvalue weighted by Gasteiger charge is 2.39. The van der Waals surface area contributed by atoms with Crippen molar-refractivity contribution in [1.82, 2.24) is 19.7 Å². The van der Waals surface area contributed by atoms with Crippen molar-refractivity contribution >= 4 is 29.0 Å². The maximum Gasteiger partial charge on any atom is 0.331 e. The molecule has 0 bridgehead atoms. The summed E-state index contributed by atoms with van der Waals surface area (Å²) in [6, 6.07) is 9.78. The minimum atomic E-state index is -0.0679. The number of benzene rings is 1. The Hall–Kier alpha value is -3.00. The third-order valence-electron chi connectivity index (χ3n) is 4.56. The molecule has 0 atom stereocenters. The van der Waals surface area contributed by atoms with Crippen LogP contribution < -0.4 is 4.90 Å². The van der Waals surface area contributed by atoms with Crippen molar-refractivity contribution in [3.05, 3.63) is 58.7 Å². The van der Waals surface area contributed by atoms with Crippen LogP contribution in [0.3, 0.4) is 0 Å². The second kappa shape index (κ2) is 6.06. The minimum Gasteiger partial charge on any atom is -0.278 e. The number of aromatic nitrogens is 3. The number of thiazole rings is 1. The van der Waals surface area contributed by atoms with Crippen LogP contribution in [0.4, 0.5) is 10.6 Å². The van der Waals surface area contributed by atoms with Crippen LogP contribution in [0.15, 0.2) is 52.4 Å². The molecule has 2 aromatic heterocycles. The van der Waals surface area contributed by atoms with Crippen LogP contribution in [-0.4, -0.2) is 44.6 Å². The van der Waals surface area contributed by atoms with E-state index in [2.05, 4.69) is 15.1 Å². The van der Waals surface area contributed by atoms with E-state index in [-0.39, 0.29) is 6.03 Å². The third kappa shape index (κ3) is 2.33. The molecule has 130 valence electrons. The molecule has 5 rings (SSSR count). The summed E-state index contributed by atoms with van der Waals surface area (Å²) in [6.45, 7) is 1.83. The lowest BCUT2D eigenvalue weighted by atomic mass is 10.1. The van der Waals surface area contributed by atoms with E-state index in [0.717, 1.165) is 41.6 Å². The molecule has 2 amide bonds. The summed E-state index contributed by atoms with van der Waals surface area (Å²) in [7, 11) is 0. The fourth-order valence-corrected chi connectivity index (χ4v) is 3.95. The summed E-state index contributed by atoms with van der Waals surface area (Å²) in [6.07, 6.45) is 2.68. The lowest BCUT2D eigenvalue weighted by molar-refractivity contribution is 0.223. The molecule has 0 saturated carbocycles. The quantitative estimate of drug-likeness (QED) is 0.718. The first-order chi connectivity index (χ1) is 12.8. The summed E-state index contributed by atoms with van der Waals surface area (Å²) < 4.78 is 1.81. The van der Waals surface area contributed by atoms with E-state index >= 15 is 0 Å². The zero-order valence-corrected chi connectivity index (χ0v) is 14.8. The van der Waals surface area contributed by atoms with Gasteiger partial charge in [0.2, 0.25) is 0 Å². The Balaban J connectivity index is 1.69. The monoisotopic (exact) mass is 364 g/mol. The van der Waals surface area contributed by atoms with Crippen molar-refractivity contribution in [3.63, 3.8) is 0 Å². The van der Waals surface area contributed by atoms with Gasteiger partial charge in [-0.05, 0) is 18.6 Å². The number of urea groups is 1. The molecular formula is C18H16N6OS. The number of hydrogen-bond donors (Lipinski definition) is 0. The second-order valence-electron chi connectivity index (χ2n) is 6.19. The van der Waals surface area contributed by atoms with Gasteiger partial charge in [0.25, 0.3) is 0 Å². The van der Waals surface area contributed by atoms with Gasteiger partial charge in [0.05, 0.1) is 35.2 Å². The van der Waals surface area contributed by atoms with E-state index in [1.165, 1.54) is 11.3 Å². The van der Waals surface area contributed by atoms with Crippen LogP contribution in [0.1, 0.15) is 17.7 Å². The predicted molar refractivity (Wildman–Crippen MR) is 100.0 cm³/mol. The number of amidine groups is 1. The first-order valence-electron chi connectivity index (χ1n) is 8.47. The van der Waals surface area contributed by atoms with E-state index < -0.39 is 0 Å². The Morgan fingerprint density at radius 1 is 1.19 bits per heavy atom. The van der Waals surface area contributed by atoms with Crippen molar-refractivity contribution in [2.75, 3.05) is 18.0 Å². The fourth-order valence-electron chi connectivity index (χ4n) is 3.40. The van der Waals surface area contributed by atoms with Crippen molar-refractivity contribution < 1.29 is 4.79 Å². The average molecular weight is 364 g/mol. The van der Waals surface area contributed by atoms with E-state index in [0.29, 0.717) is 13.1 Å². The minimum absolute atomic E-state index is 0.0679. The molecule has 0 radical (unpaired) electrons. The van der Waals surface area contributed by atoms with Crippen molar-refractivity contribution in [3.8, 4) is 5.69 Å². The van der Waals surface area contributed by atoms with Crippen molar-refractivity contribution in [2.45, 2.75) is 13.0 Å². The van der Waals surface area contributed by atoms with Gasteiger partial charge < -0.3 is 0 Å². The van der Waals surface area contributed by atoms with Crippen LogP contribution in [-0.2, 0) is 6.54 Å². The first kappa shape index (κ1) is 15.3. The molecule has 0 spiro atoms. The van der Waals surface area contributed by atoms with E-state index in [4.69, 9.17) is 0 Å². The SMILES string of the molecule is O=C1N2CCCN=C2c2cnn(-c3ccccc3)c2N1Cc1cscn1. The van der Waals surface area contributed by atoms with Crippen LogP contribution in [0.2, 0.25) is 0 Å². The molecule has 1 aromatic carbocycles. The van der Waals surface area contributed by atoms with Gasteiger partial charge in [-0.15, -0.1) is 11.3 Å². The molecule has 26 heavy (non-hydrogen) atoms. The Kier molecular flexibility index (Phi) is 3.56. The van der Waals surface area contributed by atoms with Gasteiger partial charge in [-0.1, -0.05) is 18.2 Å². The molecule has 0 saturated heterocycles. The highest BCUT2D eigenvalue weighted by Crippen LogP contribution is 2.33. The van der Waals surface area contributed by atoms with Gasteiger partial charge >= 0.3 is 6.03 Å². The van der Waals surface area contributed by atoms with Crippen LogP contribution >= 0.6 is 11.3 Å². The lowest BCUT2D eigenvalue weighted by Crippen LogP contribution is -2.53. The summed E-state index contributed by atoms with van der Waals surface area (Å²) in [5, 5.41) is 6.54. The largest absolute Gasteiger partial charge is 0.331 e. The van der Waals surface area contributed by atoms with Crippen molar-refractivity contribution in [2.24, 2.45) is 4.99 Å². The first-order valence-corrected chi connectivity index (χ1v) is 9.41. The number of nitrogens with zero attached hydrogens (tertiary/aromatic N) is 6. The summed E-state index contributed by atoms with van der Waals surface area (Å²) >= 11 is 1.53. The number of aliphatic imine (C=N–C) groups is 1. The molecule has 0 fully saturated rings. The van der Waals surface area contributed by atoms with Gasteiger partial charge in [-0.3, -0.25) is 14.8 Å². The summed E-state index contributed by atoms with van der Waals surface area (Å²) in [5.74, 6) is 1.49. The Bertz CT molecular complexity index is 979. The maximum atomic E-state index is 13.2. The number of carbonyl (C=O) groups is 1. The standard InChI is InChI=1S/C18H16N6OS/c25-18-22-8-4-7-19-16(22)15-9-21-24(14-5-2-1-3-6-14)17(15)23(18)10-13-11-26-12-20-13/h1-3,5-6,9,11-12H,4,7-8,10H2. The van der Waals surface area contributed by atoms with Gasteiger partial charge in [0, 0.05) is 18.5 Å². The molecule has 4 heterocycles. The maximum absolute atomic E-state index is 13.2. The number of carbonyl (C=O) groups excluding carboxylic acids is 1. The number of anilines is 1. The zero-order valence-electron chi connectivity index (χ0n) is 13.9. The normalized spacial score (nSPS) is 16.3. The van der Waals surface area contributed by atoms with Gasteiger partial charge in [-0.25, -0.2) is 14.5 Å². The molecule has 8 heteroatoms. The third-order valence-corrected chi connectivity index (χ3v) is 5.20. The van der Waals surface area contributed by atoms with Crippen LogP contribution in [0.25, 0.3) is 5.69 Å². The summed E-state index contributed by atoms with van der Waals surface area (Å²) in [4.78, 5) is 25.7. The summed E-state index contributed by atoms with van der Waals surface area (Å²) in [5.41, 5.74) is 4.46. The molecule has 3 aromatic rings. The van der Waals surface area contributed by atoms with Crippen LogP contribution in [0, 0.1) is 0 Å². The Labute approximate surface area is 154 Å². The lowest BCUT2D eigenvalue weighted by Gasteiger charge is -2.37. The zero-order chi connectivity index (χ0) is 17.5. The number of para-hydroxylation sites is 1. The van der Waals surface area contributed by atoms with Crippen LogP contribution in [0.5, 0.6) is 0 Å². The number of hydrogen-bond acceptors (Lipinski definition) is 5. The molecule has 7 nitrogen and oxygen atoms in total. The highest BCUT2D eigenvalue weighted by molar-refractivity contribution is 7.07. The van der Waals surface area contributed by atoms with Gasteiger partial charge in [0.1, 0.15) is 5.84 Å². The van der Waals surface area contributed by atoms with E-state index in [9.17, 15) is 4.79 Å². The number of amides is 2. The second-order valence-corrected chi connectivity index (χ2v) is 6.91. The van der Waals surface area contributed by atoms with E-state index in [1.807, 2.05) is 40.4 Å². The number of fused-ring (bicyclic) bond motifs is 3. The van der Waals surface area contributed by atoms with E-state index in [1.54, 1.807) is 21.5 Å². The Morgan fingerprint density at radius 3 is 2.88 bits per heavy atom. The fraction of sp³-hybridized carbons (Fsp3) is 0.222. The molecule has 0 aliphatic carbocycles.